The van der Waals surface area contributed by atoms with E-state index < -0.39 is 12.5 Å². The van der Waals surface area contributed by atoms with E-state index in [-0.39, 0.29) is 16.9 Å². The van der Waals surface area contributed by atoms with Crippen molar-refractivity contribution in [3.05, 3.63) is 76.9 Å². The molecule has 0 atom stereocenters. The molecule has 0 saturated heterocycles. The topological polar surface area (TPSA) is 62.1 Å². The molecule has 0 aliphatic carbocycles. The highest BCUT2D eigenvalue weighted by molar-refractivity contribution is 6.11. The Kier molecular flexibility index (Phi) is 5.89. The lowest BCUT2D eigenvalue weighted by Crippen LogP contribution is -2.14. The van der Waals surface area contributed by atoms with Crippen LogP contribution >= 0.6 is 0 Å². The molecule has 29 heavy (non-hydrogen) atoms. The van der Waals surface area contributed by atoms with Crippen LogP contribution in [0.1, 0.15) is 16.7 Å². The highest BCUT2D eigenvalue weighted by Gasteiger charge is 2.16. The van der Waals surface area contributed by atoms with Crippen molar-refractivity contribution in [1.29, 1.82) is 5.26 Å². The number of nitriles is 1. The molecule has 3 aromatic carbocycles. The Bertz CT molecular complexity index is 1150. The van der Waals surface area contributed by atoms with Gasteiger partial charge in [-0.2, -0.15) is 14.0 Å². The van der Waals surface area contributed by atoms with Crippen molar-refractivity contribution in [1.82, 2.24) is 0 Å². The van der Waals surface area contributed by atoms with Gasteiger partial charge in [-0.3, -0.25) is 4.79 Å². The quantitative estimate of drug-likeness (QED) is 0.454. The second-order valence-electron chi connectivity index (χ2n) is 6.45. The zero-order valence-corrected chi connectivity index (χ0v) is 15.9. The first kappa shape index (κ1) is 20.0. The summed E-state index contributed by atoms with van der Waals surface area (Å²) in [5.74, 6) is -0.733. The van der Waals surface area contributed by atoms with Crippen molar-refractivity contribution in [2.24, 2.45) is 0 Å². The first-order valence-corrected chi connectivity index (χ1v) is 8.86. The summed E-state index contributed by atoms with van der Waals surface area (Å²) in [6, 6.07) is 17.4. The molecular formula is C23H18F2N2O2. The van der Waals surface area contributed by atoms with Gasteiger partial charge in [0.25, 0.3) is 5.91 Å². The van der Waals surface area contributed by atoms with Crippen LogP contribution in [0.15, 0.2) is 60.2 Å². The van der Waals surface area contributed by atoms with Gasteiger partial charge in [-0.05, 0) is 54.0 Å². The van der Waals surface area contributed by atoms with Gasteiger partial charge in [-0.15, -0.1) is 0 Å². The molecule has 3 aromatic rings. The van der Waals surface area contributed by atoms with E-state index in [1.165, 1.54) is 12.1 Å². The first-order valence-electron chi connectivity index (χ1n) is 8.86. The number of hydrogen-bond acceptors (Lipinski definition) is 3. The molecule has 0 aliphatic heterocycles. The summed E-state index contributed by atoms with van der Waals surface area (Å²) in [5, 5.41) is 13.6. The minimum Gasteiger partial charge on any atom is -0.434 e. The molecule has 146 valence electrons. The summed E-state index contributed by atoms with van der Waals surface area (Å²) >= 11 is 0. The smallest absolute Gasteiger partial charge is 0.387 e. The maximum absolute atomic E-state index is 12.9. The van der Waals surface area contributed by atoms with Crippen LogP contribution in [0.2, 0.25) is 0 Å². The molecule has 0 saturated carbocycles. The molecule has 1 amide bonds. The number of benzene rings is 3. The fourth-order valence-electron chi connectivity index (χ4n) is 2.99. The monoisotopic (exact) mass is 392 g/mol. The molecule has 0 fully saturated rings. The van der Waals surface area contributed by atoms with Crippen molar-refractivity contribution >= 4 is 28.4 Å². The van der Waals surface area contributed by atoms with E-state index in [2.05, 4.69) is 10.1 Å². The summed E-state index contributed by atoms with van der Waals surface area (Å²) in [6.45, 7) is 0.744. The molecule has 0 aliphatic rings. The Hall–Kier alpha value is -3.72. The highest BCUT2D eigenvalue weighted by atomic mass is 19.3. The molecule has 3 rings (SSSR count). The molecule has 0 radical (unpaired) electrons. The standard InChI is InChI=1S/C23H18F2N2O2/c1-14-6-5-9-20(15(14)2)27-22(28)17(13-26)12-19-18-8-4-3-7-16(18)10-11-21(19)29-23(24)25/h3-12,23H,1-2H3,(H,27,28)/b17-12+. The summed E-state index contributed by atoms with van der Waals surface area (Å²) in [7, 11) is 0. The number of halogens is 2. The number of alkyl halides is 2. The van der Waals surface area contributed by atoms with Crippen molar-refractivity contribution < 1.29 is 18.3 Å². The van der Waals surface area contributed by atoms with Gasteiger partial charge in [0.2, 0.25) is 0 Å². The Balaban J connectivity index is 2.06. The number of carbonyl (C=O) groups excluding carboxylic acids is 1. The van der Waals surface area contributed by atoms with Gasteiger partial charge in [-0.25, -0.2) is 0 Å². The van der Waals surface area contributed by atoms with E-state index in [9.17, 15) is 18.8 Å². The lowest BCUT2D eigenvalue weighted by Gasteiger charge is -2.12. The van der Waals surface area contributed by atoms with Gasteiger partial charge in [-0.1, -0.05) is 42.5 Å². The SMILES string of the molecule is Cc1cccc(NC(=O)/C(C#N)=C/c2c(OC(F)F)ccc3ccccc23)c1C. The lowest BCUT2D eigenvalue weighted by molar-refractivity contribution is -0.112. The maximum Gasteiger partial charge on any atom is 0.387 e. The van der Waals surface area contributed by atoms with Gasteiger partial charge < -0.3 is 10.1 Å². The third kappa shape index (κ3) is 4.41. The number of carbonyl (C=O) groups is 1. The normalized spacial score (nSPS) is 11.4. The fourth-order valence-corrected chi connectivity index (χ4v) is 2.99. The van der Waals surface area contributed by atoms with Gasteiger partial charge in [0, 0.05) is 11.3 Å². The largest absolute Gasteiger partial charge is 0.434 e. The third-order valence-corrected chi connectivity index (χ3v) is 4.65. The Morgan fingerprint density at radius 2 is 1.86 bits per heavy atom. The van der Waals surface area contributed by atoms with Crippen LogP contribution in [0.5, 0.6) is 5.75 Å². The number of nitrogens with one attached hydrogen (secondary N) is 1. The van der Waals surface area contributed by atoms with Crippen LogP contribution in [-0.2, 0) is 4.79 Å². The second kappa shape index (κ2) is 8.53. The molecule has 0 aromatic heterocycles. The second-order valence-corrected chi connectivity index (χ2v) is 6.45. The number of hydrogen-bond donors (Lipinski definition) is 1. The molecule has 0 bridgehead atoms. The van der Waals surface area contributed by atoms with Gasteiger partial charge in [0.05, 0.1) is 0 Å². The molecule has 1 N–H and O–H groups in total. The number of rotatable bonds is 5. The molecular weight excluding hydrogens is 374 g/mol. The van der Waals surface area contributed by atoms with Crippen molar-refractivity contribution in [2.45, 2.75) is 20.5 Å². The Morgan fingerprint density at radius 3 is 2.59 bits per heavy atom. The molecule has 4 nitrogen and oxygen atoms in total. The number of fused-ring (bicyclic) bond motifs is 1. The number of ether oxygens (including phenoxy) is 1. The minimum absolute atomic E-state index is 0.106. The van der Waals surface area contributed by atoms with E-state index in [4.69, 9.17) is 0 Å². The Labute approximate surface area is 167 Å². The first-order chi connectivity index (χ1) is 13.9. The number of amides is 1. The van der Waals surface area contributed by atoms with E-state index in [0.717, 1.165) is 16.5 Å². The van der Waals surface area contributed by atoms with Crippen LogP contribution in [-0.4, -0.2) is 12.5 Å². The third-order valence-electron chi connectivity index (χ3n) is 4.65. The zero-order chi connectivity index (χ0) is 21.0. The summed E-state index contributed by atoms with van der Waals surface area (Å²) in [4.78, 5) is 12.7. The molecule has 6 heteroatoms. The average molecular weight is 392 g/mol. The number of aryl methyl sites for hydroxylation is 1. The lowest BCUT2D eigenvalue weighted by atomic mass is 10.0. The summed E-state index contributed by atoms with van der Waals surface area (Å²) in [5.41, 5.74) is 2.48. The molecule has 0 heterocycles. The van der Waals surface area contributed by atoms with E-state index in [0.29, 0.717) is 11.1 Å². The predicted molar refractivity (Wildman–Crippen MR) is 109 cm³/mol. The van der Waals surface area contributed by atoms with Crippen LogP contribution in [0.25, 0.3) is 16.8 Å². The van der Waals surface area contributed by atoms with Crippen molar-refractivity contribution in [2.75, 3.05) is 5.32 Å². The van der Waals surface area contributed by atoms with Crippen LogP contribution in [0.4, 0.5) is 14.5 Å². The zero-order valence-electron chi connectivity index (χ0n) is 15.9. The summed E-state index contributed by atoms with van der Waals surface area (Å²) < 4.78 is 30.3. The van der Waals surface area contributed by atoms with E-state index in [1.54, 1.807) is 36.4 Å². The Morgan fingerprint density at radius 1 is 1.10 bits per heavy atom. The predicted octanol–water partition coefficient (Wildman–Crippen LogP) is 5.60. The van der Waals surface area contributed by atoms with Gasteiger partial charge in [0.15, 0.2) is 0 Å². The van der Waals surface area contributed by atoms with Crippen molar-refractivity contribution in [3.8, 4) is 11.8 Å². The van der Waals surface area contributed by atoms with Crippen molar-refractivity contribution in [3.63, 3.8) is 0 Å². The number of nitrogens with zero attached hydrogens (tertiary/aromatic N) is 1. The van der Waals surface area contributed by atoms with Gasteiger partial charge >= 0.3 is 6.61 Å². The van der Waals surface area contributed by atoms with E-state index in [1.807, 2.05) is 32.0 Å². The van der Waals surface area contributed by atoms with Crippen LogP contribution < -0.4 is 10.1 Å². The average Bonchev–Trinajstić information content (AvgIpc) is 2.70. The van der Waals surface area contributed by atoms with E-state index >= 15 is 0 Å². The fraction of sp³-hybridized carbons (Fsp3) is 0.130. The maximum atomic E-state index is 12.9. The van der Waals surface area contributed by atoms with Gasteiger partial charge in [0.1, 0.15) is 17.4 Å². The molecule has 0 spiro atoms. The molecule has 0 unspecified atom stereocenters. The highest BCUT2D eigenvalue weighted by Crippen LogP contribution is 2.31. The van der Waals surface area contributed by atoms with Crippen LogP contribution in [0.3, 0.4) is 0 Å². The minimum atomic E-state index is -3.03. The summed E-state index contributed by atoms with van der Waals surface area (Å²) in [6.07, 6.45) is 1.28. The van der Waals surface area contributed by atoms with Crippen LogP contribution in [0, 0.1) is 25.2 Å². The number of anilines is 1.